The van der Waals surface area contributed by atoms with E-state index in [9.17, 15) is 18.8 Å². The van der Waals surface area contributed by atoms with Crippen molar-refractivity contribution in [1.82, 2.24) is 14.7 Å². The van der Waals surface area contributed by atoms with Crippen LogP contribution in [0.2, 0.25) is 0 Å². The van der Waals surface area contributed by atoms with Crippen LogP contribution in [0, 0.1) is 0 Å². The average molecular weight is 318 g/mol. The molecule has 23 heavy (non-hydrogen) atoms. The van der Waals surface area contributed by atoms with Crippen LogP contribution in [0.1, 0.15) is 16.9 Å². The number of aldehydes is 1. The van der Waals surface area contributed by atoms with Crippen molar-refractivity contribution in [3.8, 4) is 0 Å². The number of hydrogen-bond donors (Lipinski definition) is 1. The monoisotopic (exact) mass is 318 g/mol. The van der Waals surface area contributed by atoms with E-state index in [4.69, 9.17) is 5.73 Å². The third kappa shape index (κ3) is 2.67. The summed E-state index contributed by atoms with van der Waals surface area (Å²) in [5, 5.41) is 4.63. The number of rotatable bonds is 4. The van der Waals surface area contributed by atoms with E-state index in [-0.39, 0.29) is 25.2 Å². The molecule has 120 valence electrons. The van der Waals surface area contributed by atoms with Crippen molar-refractivity contribution in [2.45, 2.75) is 25.2 Å². The van der Waals surface area contributed by atoms with E-state index in [1.54, 1.807) is 24.3 Å². The summed E-state index contributed by atoms with van der Waals surface area (Å²) in [5.41, 5.74) is 5.95. The number of carbonyl (C=O) groups excluding carboxylic acids is 3. The smallest absolute Gasteiger partial charge is 0.269 e. The summed E-state index contributed by atoms with van der Waals surface area (Å²) in [7, 11) is 0. The largest absolute Gasteiger partial charge is 0.364 e. The molecule has 1 aliphatic rings. The number of nitrogens with two attached hydrogens (primary N) is 1. The fraction of sp³-hybridized carbons (Fsp3) is 0.333. The normalized spacial score (nSPS) is 20.8. The van der Waals surface area contributed by atoms with Gasteiger partial charge in [0.2, 0.25) is 5.91 Å². The molecule has 1 aromatic carbocycles. The molecule has 1 fully saturated rings. The van der Waals surface area contributed by atoms with Crippen LogP contribution in [-0.4, -0.2) is 51.5 Å². The second-order valence-electron chi connectivity index (χ2n) is 5.47. The molecule has 0 aliphatic carbocycles. The Labute approximate surface area is 130 Å². The van der Waals surface area contributed by atoms with Crippen molar-refractivity contribution in [1.29, 1.82) is 0 Å². The zero-order valence-electron chi connectivity index (χ0n) is 12.2. The van der Waals surface area contributed by atoms with Gasteiger partial charge in [0.25, 0.3) is 5.91 Å². The highest BCUT2D eigenvalue weighted by Gasteiger charge is 2.35. The number of nitrogens with zero attached hydrogens (tertiary/aromatic N) is 3. The minimum absolute atomic E-state index is 0.0155. The van der Waals surface area contributed by atoms with E-state index >= 15 is 0 Å². The molecule has 0 saturated carbocycles. The van der Waals surface area contributed by atoms with Crippen LogP contribution in [0.3, 0.4) is 0 Å². The molecule has 2 heterocycles. The minimum atomic E-state index is -1.20. The minimum Gasteiger partial charge on any atom is -0.364 e. The van der Waals surface area contributed by atoms with Gasteiger partial charge in [-0.2, -0.15) is 5.10 Å². The molecule has 8 heteroatoms. The molecule has 1 unspecified atom stereocenters. The molecule has 1 aliphatic heterocycles. The number of alkyl halides is 1. The van der Waals surface area contributed by atoms with E-state index in [2.05, 4.69) is 5.10 Å². The highest BCUT2D eigenvalue weighted by atomic mass is 19.1. The summed E-state index contributed by atoms with van der Waals surface area (Å²) in [6, 6.07) is 6.12. The van der Waals surface area contributed by atoms with Crippen molar-refractivity contribution >= 4 is 29.0 Å². The highest BCUT2D eigenvalue weighted by molar-refractivity contribution is 6.04. The van der Waals surface area contributed by atoms with Gasteiger partial charge >= 0.3 is 0 Å². The van der Waals surface area contributed by atoms with Crippen LogP contribution in [0.25, 0.3) is 10.9 Å². The molecule has 1 saturated heterocycles. The Morgan fingerprint density at radius 3 is 2.83 bits per heavy atom. The Bertz CT molecular complexity index is 788. The van der Waals surface area contributed by atoms with Gasteiger partial charge in [-0.1, -0.05) is 18.2 Å². The zero-order valence-corrected chi connectivity index (χ0v) is 12.2. The van der Waals surface area contributed by atoms with Gasteiger partial charge in [-0.25, -0.2) is 4.39 Å². The third-order valence-electron chi connectivity index (χ3n) is 3.95. The van der Waals surface area contributed by atoms with Gasteiger partial charge in [-0.3, -0.25) is 14.3 Å². The highest BCUT2D eigenvalue weighted by Crippen LogP contribution is 2.21. The predicted octanol–water partition coefficient (Wildman–Crippen LogP) is 0.273. The number of benzene rings is 1. The summed E-state index contributed by atoms with van der Waals surface area (Å²) in [5.74, 6) is -1.12. The fourth-order valence-electron chi connectivity index (χ4n) is 2.88. The maximum Gasteiger partial charge on any atom is 0.269 e. The number of primary amides is 1. The number of hydrogen-bond acceptors (Lipinski definition) is 4. The standard InChI is InChI=1S/C15H15FN4O3/c16-9-5-10(8-21)19(6-9)13(22)7-20-12-4-2-1-3-11(12)14(18-20)15(17)23/h1-4,8-10H,5-7H2,(H2,17,23)/t9-,10?/m1/s1. The van der Waals surface area contributed by atoms with Crippen LogP contribution < -0.4 is 5.73 Å². The van der Waals surface area contributed by atoms with E-state index in [1.807, 2.05) is 0 Å². The quantitative estimate of drug-likeness (QED) is 0.818. The molecule has 2 atom stereocenters. The van der Waals surface area contributed by atoms with E-state index in [0.29, 0.717) is 17.2 Å². The number of fused-ring (bicyclic) bond motifs is 1. The molecule has 0 bridgehead atoms. The molecule has 2 aromatic rings. The lowest BCUT2D eigenvalue weighted by molar-refractivity contribution is -0.135. The molecule has 7 nitrogen and oxygen atoms in total. The van der Waals surface area contributed by atoms with Gasteiger partial charge in [-0.15, -0.1) is 0 Å². The van der Waals surface area contributed by atoms with Crippen LogP contribution in [0.4, 0.5) is 4.39 Å². The van der Waals surface area contributed by atoms with Crippen LogP contribution in [0.15, 0.2) is 24.3 Å². The topological polar surface area (TPSA) is 98.3 Å². The van der Waals surface area contributed by atoms with Crippen molar-refractivity contribution in [2.24, 2.45) is 5.73 Å². The third-order valence-corrected chi connectivity index (χ3v) is 3.95. The second kappa shape index (κ2) is 5.79. The maximum atomic E-state index is 13.4. The predicted molar refractivity (Wildman–Crippen MR) is 79.3 cm³/mol. The van der Waals surface area contributed by atoms with Crippen LogP contribution >= 0.6 is 0 Å². The van der Waals surface area contributed by atoms with E-state index in [1.165, 1.54) is 9.58 Å². The molecule has 2 N–H and O–H groups in total. The lowest BCUT2D eigenvalue weighted by Crippen LogP contribution is -2.39. The molecule has 2 amide bonds. The van der Waals surface area contributed by atoms with Crippen molar-refractivity contribution in [3.63, 3.8) is 0 Å². The Kier molecular flexibility index (Phi) is 3.81. The number of likely N-dealkylation sites (tertiary alicyclic amines) is 1. The molecule has 1 aromatic heterocycles. The zero-order chi connectivity index (χ0) is 16.6. The molecule has 0 spiro atoms. The summed E-state index contributed by atoms with van der Waals surface area (Å²) in [6.45, 7) is -0.297. The Hall–Kier alpha value is -2.77. The van der Waals surface area contributed by atoms with E-state index < -0.39 is 24.0 Å². The van der Waals surface area contributed by atoms with Gasteiger partial charge in [0, 0.05) is 11.8 Å². The van der Waals surface area contributed by atoms with Gasteiger partial charge in [0.15, 0.2) is 5.69 Å². The summed E-state index contributed by atoms with van der Waals surface area (Å²) >= 11 is 0. The Morgan fingerprint density at radius 2 is 2.13 bits per heavy atom. The summed E-state index contributed by atoms with van der Waals surface area (Å²) in [4.78, 5) is 36.0. The number of amides is 2. The number of para-hydroxylation sites is 1. The van der Waals surface area contributed by atoms with Gasteiger partial charge in [0.05, 0.1) is 18.1 Å². The van der Waals surface area contributed by atoms with Crippen LogP contribution in [-0.2, 0) is 16.1 Å². The summed E-state index contributed by atoms with van der Waals surface area (Å²) < 4.78 is 14.8. The van der Waals surface area contributed by atoms with Crippen molar-refractivity contribution in [2.75, 3.05) is 6.54 Å². The first-order chi connectivity index (χ1) is 11.0. The Balaban J connectivity index is 1.91. The van der Waals surface area contributed by atoms with Gasteiger partial charge in [0.1, 0.15) is 19.0 Å². The van der Waals surface area contributed by atoms with Gasteiger partial charge < -0.3 is 15.4 Å². The lowest BCUT2D eigenvalue weighted by atomic mass is 10.2. The first-order valence-electron chi connectivity index (χ1n) is 7.15. The van der Waals surface area contributed by atoms with Gasteiger partial charge in [-0.05, 0) is 6.07 Å². The molecular weight excluding hydrogens is 303 g/mol. The first-order valence-corrected chi connectivity index (χ1v) is 7.15. The number of halogens is 1. The van der Waals surface area contributed by atoms with Crippen LogP contribution in [0.5, 0.6) is 0 Å². The number of aromatic nitrogens is 2. The molecule has 3 rings (SSSR count). The first kappa shape index (κ1) is 15.1. The molecule has 0 radical (unpaired) electrons. The van der Waals surface area contributed by atoms with Crippen molar-refractivity contribution < 1.29 is 18.8 Å². The summed E-state index contributed by atoms with van der Waals surface area (Å²) in [6.07, 6.45) is -0.612. The fourth-order valence-corrected chi connectivity index (χ4v) is 2.88. The Morgan fingerprint density at radius 1 is 1.39 bits per heavy atom. The second-order valence-corrected chi connectivity index (χ2v) is 5.47. The average Bonchev–Trinajstić information content (AvgIpc) is 3.08. The molecular formula is C15H15FN4O3. The SMILES string of the molecule is NC(=O)c1nn(CC(=O)N2C[C@H](F)CC2C=O)c2ccccc12. The maximum absolute atomic E-state index is 13.4. The lowest BCUT2D eigenvalue weighted by Gasteiger charge is -2.20. The number of carbonyl (C=O) groups is 3. The van der Waals surface area contributed by atoms with Crippen molar-refractivity contribution in [3.05, 3.63) is 30.0 Å². The van der Waals surface area contributed by atoms with E-state index in [0.717, 1.165) is 0 Å².